The zero-order valence-corrected chi connectivity index (χ0v) is 14.1. The van der Waals surface area contributed by atoms with Crippen LogP contribution in [0.5, 0.6) is 0 Å². The maximum Gasteiger partial charge on any atom is 0.307 e. The number of hydrogen-bond acceptors (Lipinski definition) is 4. The van der Waals surface area contributed by atoms with Crippen molar-refractivity contribution in [2.75, 3.05) is 26.7 Å². The van der Waals surface area contributed by atoms with Gasteiger partial charge in [-0.05, 0) is 30.7 Å². The van der Waals surface area contributed by atoms with Gasteiger partial charge < -0.3 is 15.0 Å². The summed E-state index contributed by atoms with van der Waals surface area (Å²) in [6.07, 6.45) is 2.40. The molecule has 5 heteroatoms. The van der Waals surface area contributed by atoms with Crippen LogP contribution in [-0.4, -0.2) is 49.6 Å². The van der Waals surface area contributed by atoms with Gasteiger partial charge in [-0.2, -0.15) is 0 Å². The fourth-order valence-electron chi connectivity index (χ4n) is 2.88. The largest absolute Gasteiger partial charge is 0.469 e. The molecule has 0 saturated carbocycles. The van der Waals surface area contributed by atoms with Crippen LogP contribution in [-0.2, 0) is 14.3 Å². The Balaban J connectivity index is 2.75. The SMILES string of the molecule is COC(=O)CCN(CC(C)C)C(=O)C1NCCCC1(C)C. The van der Waals surface area contributed by atoms with Gasteiger partial charge in [-0.25, -0.2) is 0 Å². The van der Waals surface area contributed by atoms with Gasteiger partial charge in [0.15, 0.2) is 0 Å². The highest BCUT2D eigenvalue weighted by Gasteiger charge is 2.39. The molecule has 0 radical (unpaired) electrons. The second-order valence-electron chi connectivity index (χ2n) is 6.98. The van der Waals surface area contributed by atoms with Crippen molar-refractivity contribution in [1.29, 1.82) is 0 Å². The summed E-state index contributed by atoms with van der Waals surface area (Å²) in [5.41, 5.74) is -0.0458. The first-order valence-corrected chi connectivity index (χ1v) is 7.87. The predicted molar refractivity (Wildman–Crippen MR) is 82.9 cm³/mol. The molecule has 0 bridgehead atoms. The van der Waals surface area contributed by atoms with Crippen LogP contribution in [0.3, 0.4) is 0 Å². The average Bonchev–Trinajstić information content (AvgIpc) is 2.41. The lowest BCUT2D eigenvalue weighted by molar-refractivity contribution is -0.143. The fourth-order valence-corrected chi connectivity index (χ4v) is 2.88. The van der Waals surface area contributed by atoms with Gasteiger partial charge in [0.1, 0.15) is 0 Å². The normalized spacial score (nSPS) is 21.1. The number of esters is 1. The number of rotatable bonds is 6. The predicted octanol–water partition coefficient (Wildman–Crippen LogP) is 1.81. The number of methoxy groups -OCH3 is 1. The van der Waals surface area contributed by atoms with Gasteiger partial charge >= 0.3 is 5.97 Å². The van der Waals surface area contributed by atoms with Crippen LogP contribution in [0.25, 0.3) is 0 Å². The number of hydrogen-bond donors (Lipinski definition) is 1. The van der Waals surface area contributed by atoms with E-state index in [0.29, 0.717) is 19.0 Å². The summed E-state index contributed by atoms with van der Waals surface area (Å²) < 4.78 is 4.68. The zero-order valence-electron chi connectivity index (χ0n) is 14.1. The molecule has 5 nitrogen and oxygen atoms in total. The van der Waals surface area contributed by atoms with Crippen LogP contribution in [0.4, 0.5) is 0 Å². The topological polar surface area (TPSA) is 58.6 Å². The summed E-state index contributed by atoms with van der Waals surface area (Å²) >= 11 is 0. The highest BCUT2D eigenvalue weighted by atomic mass is 16.5. The van der Waals surface area contributed by atoms with Gasteiger partial charge in [0.2, 0.25) is 5.91 Å². The monoisotopic (exact) mass is 298 g/mol. The third-order valence-corrected chi connectivity index (χ3v) is 4.09. The van der Waals surface area contributed by atoms with E-state index in [2.05, 4.69) is 37.7 Å². The summed E-state index contributed by atoms with van der Waals surface area (Å²) in [7, 11) is 1.38. The van der Waals surface area contributed by atoms with Gasteiger partial charge in [-0.3, -0.25) is 9.59 Å². The maximum atomic E-state index is 12.9. The Morgan fingerprint density at radius 2 is 2.05 bits per heavy atom. The zero-order chi connectivity index (χ0) is 16.0. The minimum atomic E-state index is -0.271. The molecular formula is C16H30N2O3. The van der Waals surface area contributed by atoms with E-state index in [9.17, 15) is 9.59 Å². The molecule has 1 aliphatic rings. The van der Waals surface area contributed by atoms with Gasteiger partial charge in [0, 0.05) is 13.1 Å². The number of carbonyl (C=O) groups excluding carboxylic acids is 2. The Bertz CT molecular complexity index is 367. The first-order valence-electron chi connectivity index (χ1n) is 7.87. The third kappa shape index (κ3) is 5.30. The van der Waals surface area contributed by atoms with Crippen molar-refractivity contribution in [2.24, 2.45) is 11.3 Å². The Labute approximate surface area is 128 Å². The summed E-state index contributed by atoms with van der Waals surface area (Å²) in [6, 6.07) is -0.164. The molecule has 1 fully saturated rings. The molecule has 1 saturated heterocycles. The van der Waals surface area contributed by atoms with E-state index in [1.54, 1.807) is 0 Å². The molecule has 21 heavy (non-hydrogen) atoms. The molecule has 1 heterocycles. The van der Waals surface area contributed by atoms with Crippen LogP contribution in [0.1, 0.15) is 47.0 Å². The van der Waals surface area contributed by atoms with Gasteiger partial charge in [-0.15, -0.1) is 0 Å². The van der Waals surface area contributed by atoms with E-state index in [1.165, 1.54) is 7.11 Å². The molecule has 0 aromatic rings. The number of carbonyl (C=O) groups is 2. The number of nitrogens with one attached hydrogen (secondary N) is 1. The first kappa shape index (κ1) is 18.0. The second kappa shape index (κ2) is 7.78. The summed E-state index contributed by atoms with van der Waals surface area (Å²) in [4.78, 5) is 26.0. The van der Waals surface area contributed by atoms with Gasteiger partial charge in [0.05, 0.1) is 19.6 Å². The third-order valence-electron chi connectivity index (χ3n) is 4.09. The quantitative estimate of drug-likeness (QED) is 0.760. The summed E-state index contributed by atoms with van der Waals surface area (Å²) in [5, 5.41) is 3.36. The smallest absolute Gasteiger partial charge is 0.307 e. The molecule has 122 valence electrons. The minimum Gasteiger partial charge on any atom is -0.469 e. The van der Waals surface area contributed by atoms with Crippen LogP contribution in [0, 0.1) is 11.3 Å². The molecule has 0 aromatic heterocycles. The van der Waals surface area contributed by atoms with Crippen molar-refractivity contribution in [3.05, 3.63) is 0 Å². The average molecular weight is 298 g/mol. The van der Waals surface area contributed by atoms with E-state index in [-0.39, 0.29) is 29.8 Å². The number of nitrogens with zero attached hydrogens (tertiary/aromatic N) is 1. The maximum absolute atomic E-state index is 12.9. The highest BCUT2D eigenvalue weighted by molar-refractivity contribution is 5.83. The van der Waals surface area contributed by atoms with Crippen molar-refractivity contribution in [2.45, 2.75) is 53.0 Å². The second-order valence-corrected chi connectivity index (χ2v) is 6.98. The fraction of sp³-hybridized carbons (Fsp3) is 0.875. The Kier molecular flexibility index (Phi) is 6.65. The van der Waals surface area contributed by atoms with Crippen molar-refractivity contribution < 1.29 is 14.3 Å². The van der Waals surface area contributed by atoms with E-state index >= 15 is 0 Å². The van der Waals surface area contributed by atoms with Crippen LogP contribution >= 0.6 is 0 Å². The lowest BCUT2D eigenvalue weighted by atomic mass is 9.77. The van der Waals surface area contributed by atoms with Gasteiger partial charge in [-0.1, -0.05) is 27.7 Å². The van der Waals surface area contributed by atoms with Crippen molar-refractivity contribution >= 4 is 11.9 Å². The molecule has 1 N–H and O–H groups in total. The van der Waals surface area contributed by atoms with Crippen LogP contribution in [0.2, 0.25) is 0 Å². The van der Waals surface area contributed by atoms with Crippen molar-refractivity contribution in [3.63, 3.8) is 0 Å². The Morgan fingerprint density at radius 3 is 2.57 bits per heavy atom. The minimum absolute atomic E-state index is 0.0458. The van der Waals surface area contributed by atoms with Crippen molar-refractivity contribution in [1.82, 2.24) is 10.2 Å². The molecular weight excluding hydrogens is 268 g/mol. The molecule has 1 unspecified atom stereocenters. The lowest BCUT2D eigenvalue weighted by Crippen LogP contribution is -2.57. The van der Waals surface area contributed by atoms with Gasteiger partial charge in [0.25, 0.3) is 0 Å². The molecule has 0 spiro atoms. The molecule has 0 aliphatic carbocycles. The summed E-state index contributed by atoms with van der Waals surface area (Å²) in [5.74, 6) is 0.211. The van der Waals surface area contributed by atoms with Crippen LogP contribution in [0.15, 0.2) is 0 Å². The highest BCUT2D eigenvalue weighted by Crippen LogP contribution is 2.31. The number of amides is 1. The Hall–Kier alpha value is -1.10. The van der Waals surface area contributed by atoms with E-state index in [1.807, 2.05) is 4.90 Å². The lowest BCUT2D eigenvalue weighted by Gasteiger charge is -2.41. The van der Waals surface area contributed by atoms with Crippen molar-refractivity contribution in [3.8, 4) is 0 Å². The number of piperidine rings is 1. The standard InChI is InChI=1S/C16H30N2O3/c1-12(2)11-18(10-7-13(19)21-5)15(20)14-16(3,4)8-6-9-17-14/h12,14,17H,6-11H2,1-5H3. The molecule has 1 amide bonds. The molecule has 1 aliphatic heterocycles. The summed E-state index contributed by atoms with van der Waals surface area (Å²) in [6.45, 7) is 10.4. The molecule has 1 rings (SSSR count). The number of ether oxygens (including phenoxy) is 1. The first-order chi connectivity index (χ1) is 9.77. The molecule has 1 atom stereocenters. The van der Waals surface area contributed by atoms with Crippen LogP contribution < -0.4 is 5.32 Å². The Morgan fingerprint density at radius 1 is 1.38 bits per heavy atom. The van der Waals surface area contributed by atoms with E-state index in [4.69, 9.17) is 0 Å². The van der Waals surface area contributed by atoms with E-state index in [0.717, 1.165) is 19.4 Å². The van der Waals surface area contributed by atoms with E-state index < -0.39 is 0 Å². The molecule has 0 aromatic carbocycles.